The van der Waals surface area contributed by atoms with Gasteiger partial charge in [-0.1, -0.05) is 13.3 Å². The zero-order chi connectivity index (χ0) is 13.9. The Morgan fingerprint density at radius 2 is 2.05 bits per heavy atom. The minimum Gasteiger partial charge on any atom is -0.312 e. The van der Waals surface area contributed by atoms with E-state index in [9.17, 15) is 0 Å². The fourth-order valence-electron chi connectivity index (χ4n) is 3.23. The maximum atomic E-state index is 3.72. The van der Waals surface area contributed by atoms with E-state index in [0.29, 0.717) is 0 Å². The summed E-state index contributed by atoms with van der Waals surface area (Å²) in [5.41, 5.74) is 1.79. The van der Waals surface area contributed by atoms with E-state index >= 15 is 0 Å². The van der Waals surface area contributed by atoms with Crippen molar-refractivity contribution in [3.63, 3.8) is 0 Å². The van der Waals surface area contributed by atoms with E-state index in [4.69, 9.17) is 0 Å². The van der Waals surface area contributed by atoms with Gasteiger partial charge >= 0.3 is 0 Å². The molecule has 3 atom stereocenters. The van der Waals surface area contributed by atoms with Gasteiger partial charge in [-0.2, -0.15) is 11.3 Å². The highest BCUT2D eigenvalue weighted by Gasteiger charge is 2.29. The smallest absolute Gasteiger partial charge is 0.00966 e. The average molecular weight is 279 g/mol. The fraction of sp³-hybridized carbons (Fsp3) is 0.765. The quantitative estimate of drug-likeness (QED) is 0.840. The van der Waals surface area contributed by atoms with Crippen molar-refractivity contribution >= 4 is 11.3 Å². The number of rotatable bonds is 4. The maximum Gasteiger partial charge on any atom is 0.00966 e. The van der Waals surface area contributed by atoms with E-state index in [1.165, 1.54) is 32.2 Å². The summed E-state index contributed by atoms with van der Waals surface area (Å²) in [5.74, 6) is 2.64. The second-order valence-electron chi connectivity index (χ2n) is 7.41. The molecule has 108 valence electrons. The molecule has 1 aliphatic carbocycles. The number of thiophene rings is 1. The first kappa shape index (κ1) is 15.1. The third-order valence-corrected chi connectivity index (χ3v) is 5.11. The summed E-state index contributed by atoms with van der Waals surface area (Å²) >= 11 is 1.83. The largest absolute Gasteiger partial charge is 0.312 e. The molecule has 1 nitrogen and oxygen atoms in total. The molecular formula is C17H29NS. The van der Waals surface area contributed by atoms with E-state index < -0.39 is 0 Å². The summed E-state index contributed by atoms with van der Waals surface area (Å²) in [4.78, 5) is 0. The topological polar surface area (TPSA) is 12.0 Å². The van der Waals surface area contributed by atoms with Crippen molar-refractivity contribution in [2.45, 2.75) is 58.9 Å². The van der Waals surface area contributed by atoms with Crippen LogP contribution in [0.3, 0.4) is 0 Å². The van der Waals surface area contributed by atoms with Gasteiger partial charge in [-0.25, -0.2) is 0 Å². The Morgan fingerprint density at radius 1 is 1.26 bits per heavy atom. The lowest BCUT2D eigenvalue weighted by Gasteiger charge is -2.37. The zero-order valence-corrected chi connectivity index (χ0v) is 13.7. The molecule has 2 rings (SSSR count). The minimum absolute atomic E-state index is 0.246. The van der Waals surface area contributed by atoms with Crippen molar-refractivity contribution in [1.82, 2.24) is 5.32 Å². The van der Waals surface area contributed by atoms with Crippen molar-refractivity contribution in [1.29, 1.82) is 0 Å². The molecule has 0 aromatic carbocycles. The lowest BCUT2D eigenvalue weighted by molar-refractivity contribution is 0.174. The monoisotopic (exact) mass is 279 g/mol. The van der Waals surface area contributed by atoms with Crippen LogP contribution in [0.25, 0.3) is 0 Å². The second-order valence-corrected chi connectivity index (χ2v) is 8.19. The fourth-order valence-corrected chi connectivity index (χ4v) is 3.91. The highest BCUT2D eigenvalue weighted by molar-refractivity contribution is 7.07. The van der Waals surface area contributed by atoms with Gasteiger partial charge in [0, 0.05) is 5.54 Å². The van der Waals surface area contributed by atoms with E-state index in [-0.39, 0.29) is 5.54 Å². The summed E-state index contributed by atoms with van der Waals surface area (Å²) in [6.45, 7) is 10.4. The summed E-state index contributed by atoms with van der Waals surface area (Å²) in [5, 5.41) is 8.26. The Kier molecular flexibility index (Phi) is 5.08. The molecule has 0 spiro atoms. The van der Waals surface area contributed by atoms with Gasteiger partial charge in [-0.05, 0) is 86.7 Å². The summed E-state index contributed by atoms with van der Waals surface area (Å²) in [6.07, 6.45) is 5.51. The first-order chi connectivity index (χ1) is 8.94. The average Bonchev–Trinajstić information content (AvgIpc) is 2.79. The highest BCUT2D eigenvalue weighted by Crippen LogP contribution is 2.36. The van der Waals surface area contributed by atoms with Crippen LogP contribution in [0, 0.1) is 17.8 Å². The third kappa shape index (κ3) is 4.92. The Labute approximate surface area is 122 Å². The van der Waals surface area contributed by atoms with Crippen LogP contribution in [0.2, 0.25) is 0 Å². The Morgan fingerprint density at radius 3 is 2.68 bits per heavy atom. The van der Waals surface area contributed by atoms with Crippen LogP contribution in [0.1, 0.15) is 52.5 Å². The van der Waals surface area contributed by atoms with Crippen LogP contribution in [-0.4, -0.2) is 12.1 Å². The van der Waals surface area contributed by atoms with Crippen LogP contribution in [-0.2, 0) is 6.42 Å². The summed E-state index contributed by atoms with van der Waals surface area (Å²) in [7, 11) is 0. The van der Waals surface area contributed by atoms with Gasteiger partial charge in [-0.15, -0.1) is 0 Å². The van der Waals surface area contributed by atoms with Gasteiger partial charge in [0.15, 0.2) is 0 Å². The Balaban J connectivity index is 1.94. The number of hydrogen-bond acceptors (Lipinski definition) is 2. The molecule has 19 heavy (non-hydrogen) atoms. The predicted molar refractivity (Wildman–Crippen MR) is 85.8 cm³/mol. The molecule has 2 heteroatoms. The van der Waals surface area contributed by atoms with E-state index in [1.54, 1.807) is 5.56 Å². The van der Waals surface area contributed by atoms with E-state index in [2.05, 4.69) is 49.8 Å². The Bertz CT molecular complexity index is 363. The molecule has 1 heterocycles. The Hall–Kier alpha value is -0.340. The van der Waals surface area contributed by atoms with Crippen molar-refractivity contribution < 1.29 is 0 Å². The third-order valence-electron chi connectivity index (χ3n) is 4.37. The molecular weight excluding hydrogens is 250 g/mol. The summed E-state index contributed by atoms with van der Waals surface area (Å²) in [6, 6.07) is 2.30. The SMILES string of the molecule is CC1CCC(CNC(C)(C)C)C(Cc2ccsc2)C1. The number of hydrogen-bond donors (Lipinski definition) is 1. The molecule has 1 saturated carbocycles. The molecule has 0 radical (unpaired) electrons. The van der Waals surface area contributed by atoms with E-state index in [1.807, 2.05) is 11.3 Å². The van der Waals surface area contributed by atoms with E-state index in [0.717, 1.165) is 17.8 Å². The minimum atomic E-state index is 0.246. The molecule has 0 saturated heterocycles. The molecule has 0 bridgehead atoms. The summed E-state index contributed by atoms with van der Waals surface area (Å²) < 4.78 is 0. The molecule has 1 aromatic rings. The van der Waals surface area contributed by atoms with Crippen LogP contribution < -0.4 is 5.32 Å². The second kappa shape index (κ2) is 6.41. The highest BCUT2D eigenvalue weighted by atomic mass is 32.1. The standard InChI is InChI=1S/C17H29NS/c1-13-5-6-15(11-18-17(2,3)4)16(9-13)10-14-7-8-19-12-14/h7-8,12-13,15-16,18H,5-6,9-11H2,1-4H3. The first-order valence-corrected chi connectivity index (χ1v) is 8.64. The zero-order valence-electron chi connectivity index (χ0n) is 12.9. The molecule has 1 N–H and O–H groups in total. The lowest BCUT2D eigenvalue weighted by Crippen LogP contribution is -2.42. The van der Waals surface area contributed by atoms with Gasteiger partial charge < -0.3 is 5.32 Å². The number of nitrogens with one attached hydrogen (secondary N) is 1. The van der Waals surface area contributed by atoms with Gasteiger partial charge in [0.05, 0.1) is 0 Å². The molecule has 3 unspecified atom stereocenters. The van der Waals surface area contributed by atoms with Gasteiger partial charge in [0.2, 0.25) is 0 Å². The molecule has 1 aromatic heterocycles. The first-order valence-electron chi connectivity index (χ1n) is 7.70. The van der Waals surface area contributed by atoms with Crippen molar-refractivity contribution in [3.05, 3.63) is 22.4 Å². The van der Waals surface area contributed by atoms with Gasteiger partial charge in [0.1, 0.15) is 0 Å². The van der Waals surface area contributed by atoms with Crippen LogP contribution in [0.15, 0.2) is 16.8 Å². The molecule has 0 amide bonds. The van der Waals surface area contributed by atoms with Crippen LogP contribution in [0.4, 0.5) is 0 Å². The molecule has 1 fully saturated rings. The van der Waals surface area contributed by atoms with Gasteiger partial charge in [-0.3, -0.25) is 0 Å². The van der Waals surface area contributed by atoms with Crippen molar-refractivity contribution in [2.75, 3.05) is 6.54 Å². The lowest BCUT2D eigenvalue weighted by atomic mass is 9.72. The molecule has 1 aliphatic rings. The maximum absolute atomic E-state index is 3.72. The van der Waals surface area contributed by atoms with Crippen molar-refractivity contribution in [3.8, 4) is 0 Å². The molecule has 0 aliphatic heterocycles. The van der Waals surface area contributed by atoms with Crippen LogP contribution in [0.5, 0.6) is 0 Å². The predicted octanol–water partition coefficient (Wildman–Crippen LogP) is 4.73. The van der Waals surface area contributed by atoms with Gasteiger partial charge in [0.25, 0.3) is 0 Å². The van der Waals surface area contributed by atoms with Crippen molar-refractivity contribution in [2.24, 2.45) is 17.8 Å². The van der Waals surface area contributed by atoms with Crippen LogP contribution >= 0.6 is 11.3 Å². The normalized spacial score (nSPS) is 28.5.